The van der Waals surface area contributed by atoms with Gasteiger partial charge in [0.1, 0.15) is 5.69 Å². The Morgan fingerprint density at radius 3 is 2.80 bits per heavy atom. The van der Waals surface area contributed by atoms with Crippen LogP contribution in [0.1, 0.15) is 27.8 Å². The van der Waals surface area contributed by atoms with Gasteiger partial charge in [-0.3, -0.25) is 19.5 Å². The summed E-state index contributed by atoms with van der Waals surface area (Å²) in [5.41, 5.74) is 0.477. The molecule has 78 valence electrons. The first kappa shape index (κ1) is 9.79. The molecule has 0 saturated carbocycles. The van der Waals surface area contributed by atoms with Crippen molar-refractivity contribution in [2.45, 2.75) is 13.0 Å². The number of hydrogen-bond acceptors (Lipinski definition) is 4. The zero-order valence-electron chi connectivity index (χ0n) is 8.17. The molecular formula is C10H10N2O3. The number of aliphatic hydroxyl groups excluding tert-OH is 1. The fourth-order valence-corrected chi connectivity index (χ4v) is 1.57. The van der Waals surface area contributed by atoms with Crippen molar-refractivity contribution in [1.82, 2.24) is 9.88 Å². The van der Waals surface area contributed by atoms with Crippen LogP contribution in [0.5, 0.6) is 0 Å². The predicted octanol–water partition coefficient (Wildman–Crippen LogP) is 0.0584. The van der Waals surface area contributed by atoms with Gasteiger partial charge in [-0.2, -0.15) is 0 Å². The quantitative estimate of drug-likeness (QED) is 0.694. The number of carbonyl (C=O) groups is 2. The van der Waals surface area contributed by atoms with E-state index in [9.17, 15) is 9.59 Å². The Kier molecular flexibility index (Phi) is 2.24. The number of imide groups is 1. The van der Waals surface area contributed by atoms with Gasteiger partial charge in [0.25, 0.3) is 11.8 Å². The van der Waals surface area contributed by atoms with E-state index in [-0.39, 0.29) is 18.2 Å². The highest BCUT2D eigenvalue weighted by atomic mass is 16.3. The van der Waals surface area contributed by atoms with Crippen molar-refractivity contribution in [2.75, 3.05) is 6.61 Å². The van der Waals surface area contributed by atoms with Crippen LogP contribution in [0.15, 0.2) is 18.3 Å². The highest BCUT2D eigenvalue weighted by Gasteiger charge is 2.39. The van der Waals surface area contributed by atoms with Gasteiger partial charge in [-0.1, -0.05) is 0 Å². The van der Waals surface area contributed by atoms with Crippen molar-refractivity contribution in [3.63, 3.8) is 0 Å². The van der Waals surface area contributed by atoms with Gasteiger partial charge in [-0.25, -0.2) is 0 Å². The summed E-state index contributed by atoms with van der Waals surface area (Å²) in [6, 6.07) is 2.66. The molecule has 1 N–H and O–H groups in total. The van der Waals surface area contributed by atoms with E-state index in [1.807, 2.05) is 0 Å². The number of nitrogens with zero attached hydrogens (tertiary/aromatic N) is 2. The van der Waals surface area contributed by atoms with Crippen molar-refractivity contribution in [3.8, 4) is 0 Å². The molecule has 2 amide bonds. The standard InChI is InChI=1S/C10H10N2O3/c1-6(5-13)12-9(14)7-3-2-4-11-8(7)10(12)15/h2-4,6,13H,5H2,1H3/t6-/m1/s1. The number of pyridine rings is 1. The Morgan fingerprint density at radius 1 is 1.47 bits per heavy atom. The largest absolute Gasteiger partial charge is 0.394 e. The number of aliphatic hydroxyl groups is 1. The lowest BCUT2D eigenvalue weighted by Crippen LogP contribution is -2.40. The zero-order chi connectivity index (χ0) is 11.0. The number of carbonyl (C=O) groups excluding carboxylic acids is 2. The fourth-order valence-electron chi connectivity index (χ4n) is 1.57. The van der Waals surface area contributed by atoms with E-state index in [4.69, 9.17) is 5.11 Å². The van der Waals surface area contributed by atoms with Crippen molar-refractivity contribution in [3.05, 3.63) is 29.6 Å². The van der Waals surface area contributed by atoms with Crippen LogP contribution < -0.4 is 0 Å². The Balaban J connectivity index is 2.45. The smallest absolute Gasteiger partial charge is 0.280 e. The van der Waals surface area contributed by atoms with Crippen LogP contribution in [0.4, 0.5) is 0 Å². The Hall–Kier alpha value is -1.75. The van der Waals surface area contributed by atoms with Crippen LogP contribution in [0.3, 0.4) is 0 Å². The molecule has 0 radical (unpaired) electrons. The van der Waals surface area contributed by atoms with E-state index < -0.39 is 11.9 Å². The number of amides is 2. The van der Waals surface area contributed by atoms with Crippen molar-refractivity contribution in [2.24, 2.45) is 0 Å². The fraction of sp³-hybridized carbons (Fsp3) is 0.300. The lowest BCUT2D eigenvalue weighted by molar-refractivity contribution is 0.0535. The third-order valence-corrected chi connectivity index (χ3v) is 2.38. The molecule has 0 saturated heterocycles. The molecule has 0 fully saturated rings. The van der Waals surface area contributed by atoms with E-state index in [1.165, 1.54) is 6.20 Å². The summed E-state index contributed by atoms with van der Waals surface area (Å²) in [6.07, 6.45) is 1.47. The summed E-state index contributed by atoms with van der Waals surface area (Å²) >= 11 is 0. The van der Waals surface area contributed by atoms with Crippen LogP contribution in [0, 0.1) is 0 Å². The summed E-state index contributed by atoms with van der Waals surface area (Å²) in [5, 5.41) is 8.94. The van der Waals surface area contributed by atoms with Gasteiger partial charge in [0.2, 0.25) is 0 Å². The van der Waals surface area contributed by atoms with E-state index in [0.717, 1.165) is 4.90 Å². The normalized spacial score (nSPS) is 16.8. The number of hydrogen-bond donors (Lipinski definition) is 1. The van der Waals surface area contributed by atoms with Crippen molar-refractivity contribution >= 4 is 11.8 Å². The van der Waals surface area contributed by atoms with Crippen LogP contribution in [0.25, 0.3) is 0 Å². The highest BCUT2D eigenvalue weighted by molar-refractivity contribution is 6.20. The van der Waals surface area contributed by atoms with Crippen LogP contribution in [-0.4, -0.2) is 39.5 Å². The molecule has 1 aromatic heterocycles. The lowest BCUT2D eigenvalue weighted by Gasteiger charge is -2.19. The number of rotatable bonds is 2. The minimum atomic E-state index is -0.515. The number of fused-ring (bicyclic) bond motifs is 1. The van der Waals surface area contributed by atoms with Crippen LogP contribution >= 0.6 is 0 Å². The van der Waals surface area contributed by atoms with Gasteiger partial charge < -0.3 is 5.11 Å². The topological polar surface area (TPSA) is 70.5 Å². The van der Waals surface area contributed by atoms with E-state index >= 15 is 0 Å². The second-order valence-electron chi connectivity index (χ2n) is 3.41. The summed E-state index contributed by atoms with van der Waals surface area (Å²) in [4.78, 5) is 28.4. The Bertz CT molecular complexity index is 395. The van der Waals surface area contributed by atoms with E-state index in [1.54, 1.807) is 19.1 Å². The second-order valence-corrected chi connectivity index (χ2v) is 3.41. The van der Waals surface area contributed by atoms with Gasteiger partial charge in [0.15, 0.2) is 0 Å². The third-order valence-electron chi connectivity index (χ3n) is 2.38. The minimum Gasteiger partial charge on any atom is -0.394 e. The summed E-state index contributed by atoms with van der Waals surface area (Å²) in [6.45, 7) is 1.37. The van der Waals surface area contributed by atoms with Crippen LogP contribution in [-0.2, 0) is 0 Å². The van der Waals surface area contributed by atoms with Gasteiger partial charge in [0, 0.05) is 6.20 Å². The maximum absolute atomic E-state index is 11.8. The zero-order valence-corrected chi connectivity index (χ0v) is 8.17. The summed E-state index contributed by atoms with van der Waals surface area (Å²) in [5.74, 6) is -0.818. The summed E-state index contributed by atoms with van der Waals surface area (Å²) < 4.78 is 0. The second kappa shape index (κ2) is 3.43. The molecule has 15 heavy (non-hydrogen) atoms. The van der Waals surface area contributed by atoms with Crippen molar-refractivity contribution < 1.29 is 14.7 Å². The first-order chi connectivity index (χ1) is 7.16. The van der Waals surface area contributed by atoms with Gasteiger partial charge >= 0.3 is 0 Å². The molecular weight excluding hydrogens is 196 g/mol. The number of aromatic nitrogens is 1. The molecule has 2 heterocycles. The molecule has 1 aliphatic rings. The molecule has 0 unspecified atom stereocenters. The van der Waals surface area contributed by atoms with Gasteiger partial charge in [-0.15, -0.1) is 0 Å². The molecule has 5 nitrogen and oxygen atoms in total. The first-order valence-corrected chi connectivity index (χ1v) is 4.60. The third kappa shape index (κ3) is 1.32. The molecule has 5 heteroatoms. The van der Waals surface area contributed by atoms with E-state index in [2.05, 4.69) is 4.98 Å². The average Bonchev–Trinajstić information content (AvgIpc) is 2.52. The van der Waals surface area contributed by atoms with Gasteiger partial charge in [0.05, 0.1) is 18.2 Å². The molecule has 0 spiro atoms. The molecule has 0 aromatic carbocycles. The molecule has 2 rings (SSSR count). The lowest BCUT2D eigenvalue weighted by atomic mass is 10.2. The van der Waals surface area contributed by atoms with Crippen LogP contribution in [0.2, 0.25) is 0 Å². The maximum atomic E-state index is 11.8. The highest BCUT2D eigenvalue weighted by Crippen LogP contribution is 2.22. The molecule has 1 aliphatic heterocycles. The Labute approximate surface area is 86.3 Å². The maximum Gasteiger partial charge on any atom is 0.280 e. The monoisotopic (exact) mass is 206 g/mol. The first-order valence-electron chi connectivity index (χ1n) is 4.60. The Morgan fingerprint density at radius 2 is 2.20 bits per heavy atom. The van der Waals surface area contributed by atoms with E-state index in [0.29, 0.717) is 5.56 Å². The average molecular weight is 206 g/mol. The minimum absolute atomic E-state index is 0.169. The molecule has 0 bridgehead atoms. The molecule has 0 aliphatic carbocycles. The SMILES string of the molecule is C[C@H](CO)N1C(=O)c2cccnc2C1=O. The predicted molar refractivity (Wildman–Crippen MR) is 51.3 cm³/mol. The molecule has 1 atom stereocenters. The summed E-state index contributed by atoms with van der Waals surface area (Å²) in [7, 11) is 0. The van der Waals surface area contributed by atoms with Gasteiger partial charge in [-0.05, 0) is 19.1 Å². The van der Waals surface area contributed by atoms with Crippen molar-refractivity contribution in [1.29, 1.82) is 0 Å². The molecule has 1 aromatic rings.